The van der Waals surface area contributed by atoms with Gasteiger partial charge in [-0.15, -0.1) is 0 Å². The van der Waals surface area contributed by atoms with Crippen molar-refractivity contribution in [1.82, 2.24) is 10.2 Å². The van der Waals surface area contributed by atoms with Crippen molar-refractivity contribution in [3.63, 3.8) is 0 Å². The Balaban J connectivity index is 2.11. The minimum absolute atomic E-state index is 0.347. The van der Waals surface area contributed by atoms with E-state index in [1.165, 1.54) is 12.8 Å². The van der Waals surface area contributed by atoms with Gasteiger partial charge < -0.3 is 10.2 Å². The van der Waals surface area contributed by atoms with Gasteiger partial charge in [0.05, 0.1) is 0 Å². The minimum Gasteiger partial charge on any atom is -0.342 e. The lowest BCUT2D eigenvalue weighted by atomic mass is 9.91. The Labute approximate surface area is 85.8 Å². The summed E-state index contributed by atoms with van der Waals surface area (Å²) in [4.78, 5) is 13.7. The van der Waals surface area contributed by atoms with E-state index in [1.54, 1.807) is 0 Å². The van der Waals surface area contributed by atoms with Crippen LogP contribution in [0.25, 0.3) is 0 Å². The average Bonchev–Trinajstić information content (AvgIpc) is 2.46. The molecule has 0 unspecified atom stereocenters. The van der Waals surface area contributed by atoms with Crippen LogP contribution in [0.3, 0.4) is 0 Å². The van der Waals surface area contributed by atoms with Gasteiger partial charge in [0.15, 0.2) is 0 Å². The first-order valence-electron chi connectivity index (χ1n) is 5.75. The number of likely N-dealkylation sites (tertiary alicyclic amines) is 1. The molecule has 80 valence electrons. The fraction of sp³-hybridized carbons (Fsp3) is 0.909. The van der Waals surface area contributed by atoms with Gasteiger partial charge in [0.25, 0.3) is 0 Å². The molecular formula is C11H20N2O. The molecule has 0 aliphatic carbocycles. The Hall–Kier alpha value is -0.570. The zero-order valence-electron chi connectivity index (χ0n) is 8.96. The highest BCUT2D eigenvalue weighted by atomic mass is 16.2. The third-order valence-corrected chi connectivity index (χ3v) is 3.71. The van der Waals surface area contributed by atoms with Crippen molar-refractivity contribution in [2.24, 2.45) is 5.92 Å². The fourth-order valence-electron chi connectivity index (χ4n) is 2.81. The quantitative estimate of drug-likeness (QED) is 0.627. The van der Waals surface area contributed by atoms with Gasteiger partial charge in [-0.2, -0.15) is 0 Å². The topological polar surface area (TPSA) is 32.3 Å². The Morgan fingerprint density at radius 2 is 2.07 bits per heavy atom. The molecule has 0 aromatic heterocycles. The highest BCUT2D eigenvalue weighted by Gasteiger charge is 2.31. The van der Waals surface area contributed by atoms with Gasteiger partial charge in [-0.05, 0) is 44.7 Å². The normalized spacial score (nSPS) is 34.6. The molecule has 1 N–H and O–H groups in total. The number of hydrogen-bond donors (Lipinski definition) is 1. The lowest BCUT2D eigenvalue weighted by Gasteiger charge is -2.30. The maximum absolute atomic E-state index is 11.7. The summed E-state index contributed by atoms with van der Waals surface area (Å²) >= 11 is 0. The molecule has 0 aromatic rings. The number of carbonyl (C=O) groups is 1. The molecule has 2 saturated heterocycles. The molecule has 3 nitrogen and oxygen atoms in total. The number of rotatable bonds is 0. The second-order valence-corrected chi connectivity index (χ2v) is 4.55. The molecule has 2 heterocycles. The average molecular weight is 196 g/mol. The Morgan fingerprint density at radius 1 is 1.29 bits per heavy atom. The Kier molecular flexibility index (Phi) is 3.06. The number of amides is 1. The molecule has 3 heteroatoms. The summed E-state index contributed by atoms with van der Waals surface area (Å²) in [6.07, 6.45) is 5.46. The molecule has 0 bridgehead atoms. The van der Waals surface area contributed by atoms with E-state index in [1.807, 2.05) is 11.9 Å². The first-order valence-corrected chi connectivity index (χ1v) is 5.75. The van der Waals surface area contributed by atoms with E-state index >= 15 is 0 Å². The van der Waals surface area contributed by atoms with E-state index in [9.17, 15) is 4.79 Å². The van der Waals surface area contributed by atoms with Crippen LogP contribution in [0.15, 0.2) is 0 Å². The Morgan fingerprint density at radius 3 is 2.93 bits per heavy atom. The van der Waals surface area contributed by atoms with Gasteiger partial charge in [-0.1, -0.05) is 0 Å². The molecule has 14 heavy (non-hydrogen) atoms. The summed E-state index contributed by atoms with van der Waals surface area (Å²) in [5.41, 5.74) is 0. The molecule has 2 fully saturated rings. The van der Waals surface area contributed by atoms with Crippen LogP contribution in [0, 0.1) is 5.92 Å². The Bertz CT molecular complexity index is 217. The second-order valence-electron chi connectivity index (χ2n) is 4.55. The lowest BCUT2D eigenvalue weighted by molar-refractivity contribution is -0.131. The summed E-state index contributed by atoms with van der Waals surface area (Å²) in [6.45, 7) is 2.20. The van der Waals surface area contributed by atoms with Crippen LogP contribution in [0.2, 0.25) is 0 Å². The van der Waals surface area contributed by atoms with Gasteiger partial charge in [-0.3, -0.25) is 4.79 Å². The molecule has 1 amide bonds. The number of nitrogens with zero attached hydrogens (tertiary/aromatic N) is 1. The van der Waals surface area contributed by atoms with Crippen molar-refractivity contribution in [2.75, 3.05) is 20.1 Å². The third kappa shape index (κ3) is 1.92. The molecule has 0 aromatic carbocycles. The molecule has 0 spiro atoms. The smallest absolute Gasteiger partial charge is 0.222 e. The summed E-state index contributed by atoms with van der Waals surface area (Å²) in [5.74, 6) is 1.08. The first-order chi connectivity index (χ1) is 6.79. The van der Waals surface area contributed by atoms with Crippen LogP contribution in [0.5, 0.6) is 0 Å². The van der Waals surface area contributed by atoms with E-state index < -0.39 is 0 Å². The lowest BCUT2D eigenvalue weighted by Crippen LogP contribution is -2.40. The van der Waals surface area contributed by atoms with Crippen molar-refractivity contribution < 1.29 is 4.79 Å². The van der Waals surface area contributed by atoms with Crippen LogP contribution in [0.4, 0.5) is 0 Å². The monoisotopic (exact) mass is 196 g/mol. The fourth-order valence-corrected chi connectivity index (χ4v) is 2.81. The number of nitrogens with one attached hydrogen (secondary N) is 1. The summed E-state index contributed by atoms with van der Waals surface area (Å²) in [6, 6.07) is 0.500. The molecule has 2 aliphatic heterocycles. The summed E-state index contributed by atoms with van der Waals surface area (Å²) in [5, 5.41) is 3.42. The van der Waals surface area contributed by atoms with Gasteiger partial charge in [0, 0.05) is 19.5 Å². The van der Waals surface area contributed by atoms with Gasteiger partial charge in [-0.25, -0.2) is 0 Å². The van der Waals surface area contributed by atoms with E-state index in [0.29, 0.717) is 11.9 Å². The van der Waals surface area contributed by atoms with Crippen LogP contribution in [-0.2, 0) is 4.79 Å². The SMILES string of the molecule is CN1C(=O)CCC[C@@H]2CCNCC[C@H]21. The van der Waals surface area contributed by atoms with Crippen LogP contribution < -0.4 is 5.32 Å². The number of hydrogen-bond acceptors (Lipinski definition) is 2. The van der Waals surface area contributed by atoms with Crippen molar-refractivity contribution in [3.05, 3.63) is 0 Å². The van der Waals surface area contributed by atoms with Crippen LogP contribution in [-0.4, -0.2) is 37.0 Å². The molecule has 2 atom stereocenters. The molecular weight excluding hydrogens is 176 g/mol. The highest BCUT2D eigenvalue weighted by Crippen LogP contribution is 2.28. The summed E-state index contributed by atoms with van der Waals surface area (Å²) < 4.78 is 0. The van der Waals surface area contributed by atoms with Crippen molar-refractivity contribution in [2.45, 2.75) is 38.1 Å². The maximum Gasteiger partial charge on any atom is 0.222 e. The highest BCUT2D eigenvalue weighted by molar-refractivity contribution is 5.76. The van der Waals surface area contributed by atoms with E-state index in [0.717, 1.165) is 38.3 Å². The number of fused-ring (bicyclic) bond motifs is 1. The largest absolute Gasteiger partial charge is 0.342 e. The van der Waals surface area contributed by atoms with Crippen LogP contribution >= 0.6 is 0 Å². The van der Waals surface area contributed by atoms with Crippen molar-refractivity contribution in [1.29, 1.82) is 0 Å². The second kappa shape index (κ2) is 4.30. The maximum atomic E-state index is 11.7. The number of carbonyl (C=O) groups excluding carboxylic acids is 1. The van der Waals surface area contributed by atoms with E-state index in [4.69, 9.17) is 0 Å². The molecule has 2 rings (SSSR count). The van der Waals surface area contributed by atoms with E-state index in [-0.39, 0.29) is 0 Å². The van der Waals surface area contributed by atoms with E-state index in [2.05, 4.69) is 5.32 Å². The van der Waals surface area contributed by atoms with Gasteiger partial charge in [0.2, 0.25) is 5.91 Å². The van der Waals surface area contributed by atoms with Crippen molar-refractivity contribution >= 4 is 5.91 Å². The minimum atomic E-state index is 0.347. The third-order valence-electron chi connectivity index (χ3n) is 3.71. The molecule has 0 saturated carbocycles. The first kappa shape index (κ1) is 9.97. The van der Waals surface area contributed by atoms with Crippen LogP contribution in [0.1, 0.15) is 32.1 Å². The zero-order chi connectivity index (χ0) is 9.97. The predicted molar refractivity (Wildman–Crippen MR) is 56.0 cm³/mol. The summed E-state index contributed by atoms with van der Waals surface area (Å²) in [7, 11) is 1.98. The zero-order valence-corrected chi connectivity index (χ0v) is 8.96. The standard InChI is InChI=1S/C11H20N2O/c1-13-10-6-8-12-7-5-9(10)3-2-4-11(13)14/h9-10,12H,2-8H2,1H3/t9-,10-/m1/s1. The van der Waals surface area contributed by atoms with Gasteiger partial charge in [0.1, 0.15) is 0 Å². The molecule has 2 aliphatic rings. The molecule has 0 radical (unpaired) electrons. The van der Waals surface area contributed by atoms with Gasteiger partial charge >= 0.3 is 0 Å². The predicted octanol–water partition coefficient (Wildman–Crippen LogP) is 0.997. The van der Waals surface area contributed by atoms with Crippen molar-refractivity contribution in [3.8, 4) is 0 Å².